The van der Waals surface area contributed by atoms with E-state index in [2.05, 4.69) is 16.0 Å². The molecule has 4 atom stereocenters. The van der Waals surface area contributed by atoms with Crippen molar-refractivity contribution in [3.63, 3.8) is 0 Å². The van der Waals surface area contributed by atoms with Gasteiger partial charge in [-0.3, -0.25) is 19.2 Å². The number of amides is 3. The highest BCUT2D eigenvalue weighted by Gasteiger charge is 2.30. The smallest absolute Gasteiger partial charge is 0.326 e. The zero-order valence-corrected chi connectivity index (χ0v) is 21.1. The summed E-state index contributed by atoms with van der Waals surface area (Å²) in [6.07, 6.45) is 3.50. The van der Waals surface area contributed by atoms with Crippen LogP contribution in [0.2, 0.25) is 0 Å². The van der Waals surface area contributed by atoms with Crippen LogP contribution >= 0.6 is 23.5 Å². The monoisotopic (exact) mass is 508 g/mol. The summed E-state index contributed by atoms with van der Waals surface area (Å²) >= 11 is 2.88. The molecule has 0 rings (SSSR count). The number of thioether (sulfide) groups is 2. The van der Waals surface area contributed by atoms with Crippen molar-refractivity contribution in [3.05, 3.63) is 0 Å². The summed E-state index contributed by atoms with van der Waals surface area (Å²) in [5.74, 6) is -3.51. The van der Waals surface area contributed by atoms with E-state index in [9.17, 15) is 29.1 Å². The van der Waals surface area contributed by atoms with Gasteiger partial charge in [0.25, 0.3) is 0 Å². The molecule has 0 radical (unpaired) electrons. The lowest BCUT2D eigenvalue weighted by Crippen LogP contribution is -2.57. The minimum atomic E-state index is -1.21. The molecule has 0 fully saturated rings. The van der Waals surface area contributed by atoms with Crippen molar-refractivity contribution in [1.82, 2.24) is 16.0 Å². The summed E-state index contributed by atoms with van der Waals surface area (Å²) in [7, 11) is 0. The molecule has 190 valence electrons. The number of hydrogen-bond acceptors (Lipinski definition) is 8. The second-order valence-electron chi connectivity index (χ2n) is 7.79. The van der Waals surface area contributed by atoms with Crippen molar-refractivity contribution in [2.45, 2.75) is 63.7 Å². The first-order valence-corrected chi connectivity index (χ1v) is 13.3. The Balaban J connectivity index is 5.48. The molecule has 4 unspecified atom stereocenters. The fourth-order valence-corrected chi connectivity index (χ4v) is 3.59. The van der Waals surface area contributed by atoms with Gasteiger partial charge >= 0.3 is 11.9 Å². The third-order valence-electron chi connectivity index (χ3n) is 4.77. The highest BCUT2D eigenvalue weighted by Crippen LogP contribution is 2.07. The zero-order chi connectivity index (χ0) is 25.6. The Labute approximate surface area is 202 Å². The predicted molar refractivity (Wildman–Crippen MR) is 129 cm³/mol. The van der Waals surface area contributed by atoms with E-state index in [1.165, 1.54) is 23.5 Å². The number of rotatable bonds is 17. The molecule has 7 N–H and O–H groups in total. The second kappa shape index (κ2) is 16.6. The highest BCUT2D eigenvalue weighted by atomic mass is 32.2. The lowest BCUT2D eigenvalue weighted by atomic mass is 10.0. The molecule has 0 saturated carbocycles. The Morgan fingerprint density at radius 1 is 0.758 bits per heavy atom. The van der Waals surface area contributed by atoms with E-state index in [4.69, 9.17) is 10.8 Å². The molecule has 11 nitrogen and oxygen atoms in total. The molecule has 0 bridgehead atoms. The molecule has 13 heteroatoms. The van der Waals surface area contributed by atoms with Gasteiger partial charge in [-0.05, 0) is 49.2 Å². The molecule has 0 spiro atoms. The normalized spacial score (nSPS) is 14.6. The van der Waals surface area contributed by atoms with Crippen LogP contribution in [0.3, 0.4) is 0 Å². The summed E-state index contributed by atoms with van der Waals surface area (Å²) in [6.45, 7) is 3.46. The van der Waals surface area contributed by atoms with Crippen molar-refractivity contribution in [2.75, 3.05) is 24.0 Å². The maximum atomic E-state index is 12.9. The van der Waals surface area contributed by atoms with E-state index in [1.807, 2.05) is 12.5 Å². The summed E-state index contributed by atoms with van der Waals surface area (Å²) in [5.41, 5.74) is 5.82. The Morgan fingerprint density at radius 3 is 1.61 bits per heavy atom. The number of carbonyl (C=O) groups excluding carboxylic acids is 3. The first-order chi connectivity index (χ1) is 15.4. The topological polar surface area (TPSA) is 188 Å². The predicted octanol–water partition coefficient (Wildman–Crippen LogP) is -0.120. The standard InChI is InChI=1S/C20H36N4O7S2/c1-11(2)16(21)19(29)23-12(5-6-15(25)26)17(27)22-13(7-9-32-3)18(28)24-14(20(30)31)8-10-33-4/h11-14,16H,5-10,21H2,1-4H3,(H,22,27)(H,23,29)(H,24,28)(H,25,26)(H,30,31). The quantitative estimate of drug-likeness (QED) is 0.154. The molecular weight excluding hydrogens is 472 g/mol. The van der Waals surface area contributed by atoms with Gasteiger partial charge in [0.05, 0.1) is 6.04 Å². The maximum absolute atomic E-state index is 12.9. The summed E-state index contributed by atoms with van der Waals surface area (Å²) < 4.78 is 0. The lowest BCUT2D eigenvalue weighted by molar-refractivity contribution is -0.142. The SMILES string of the molecule is CSCCC(NC(=O)C(CCSC)NC(=O)C(CCC(=O)O)NC(=O)C(N)C(C)C)C(=O)O. The number of hydrogen-bond donors (Lipinski definition) is 6. The molecule has 0 heterocycles. The van der Waals surface area contributed by atoms with Crippen molar-refractivity contribution in [3.8, 4) is 0 Å². The Hall–Kier alpha value is -1.99. The van der Waals surface area contributed by atoms with Crippen LogP contribution in [0, 0.1) is 5.92 Å². The molecule has 33 heavy (non-hydrogen) atoms. The van der Waals surface area contributed by atoms with Gasteiger partial charge in [0.1, 0.15) is 18.1 Å². The van der Waals surface area contributed by atoms with E-state index in [0.29, 0.717) is 11.5 Å². The van der Waals surface area contributed by atoms with Crippen LogP contribution in [0.4, 0.5) is 0 Å². The van der Waals surface area contributed by atoms with Crippen LogP contribution in [0.15, 0.2) is 0 Å². The number of carboxylic acid groups (broad SMARTS) is 2. The Kier molecular flexibility index (Phi) is 15.6. The molecule has 3 amide bonds. The molecule has 0 aliphatic carbocycles. The van der Waals surface area contributed by atoms with Gasteiger partial charge in [0, 0.05) is 6.42 Å². The molecule has 0 aliphatic rings. The van der Waals surface area contributed by atoms with E-state index in [-0.39, 0.29) is 31.6 Å². The largest absolute Gasteiger partial charge is 0.481 e. The average Bonchev–Trinajstić information content (AvgIpc) is 2.75. The van der Waals surface area contributed by atoms with Crippen LogP contribution in [0.1, 0.15) is 39.5 Å². The van der Waals surface area contributed by atoms with Crippen molar-refractivity contribution in [1.29, 1.82) is 0 Å². The van der Waals surface area contributed by atoms with E-state index < -0.39 is 53.8 Å². The second-order valence-corrected chi connectivity index (χ2v) is 9.76. The fourth-order valence-electron chi connectivity index (χ4n) is 2.65. The van der Waals surface area contributed by atoms with Gasteiger partial charge in [-0.15, -0.1) is 0 Å². The Bertz CT molecular complexity index is 679. The van der Waals surface area contributed by atoms with E-state index in [1.54, 1.807) is 13.8 Å². The Morgan fingerprint density at radius 2 is 1.18 bits per heavy atom. The third-order valence-corrected chi connectivity index (χ3v) is 6.06. The van der Waals surface area contributed by atoms with Crippen LogP contribution in [0.25, 0.3) is 0 Å². The lowest BCUT2D eigenvalue weighted by Gasteiger charge is -2.25. The van der Waals surface area contributed by atoms with E-state index in [0.717, 1.165) is 0 Å². The van der Waals surface area contributed by atoms with Gasteiger partial charge in [-0.2, -0.15) is 23.5 Å². The first kappa shape index (κ1) is 31.0. The molecule has 0 aliphatic heterocycles. The van der Waals surface area contributed by atoms with Crippen LogP contribution < -0.4 is 21.7 Å². The molecule has 0 aromatic rings. The number of aliphatic carboxylic acids is 2. The zero-order valence-electron chi connectivity index (χ0n) is 19.5. The summed E-state index contributed by atoms with van der Waals surface area (Å²) in [4.78, 5) is 60.5. The highest BCUT2D eigenvalue weighted by molar-refractivity contribution is 7.98. The van der Waals surface area contributed by atoms with Crippen LogP contribution in [-0.2, 0) is 24.0 Å². The molecule has 0 aromatic heterocycles. The first-order valence-electron chi connectivity index (χ1n) is 10.5. The van der Waals surface area contributed by atoms with Crippen LogP contribution in [0.5, 0.6) is 0 Å². The number of carbonyl (C=O) groups is 5. The number of carboxylic acids is 2. The summed E-state index contributed by atoms with van der Waals surface area (Å²) in [6, 6.07) is -4.27. The minimum absolute atomic E-state index is 0.194. The van der Waals surface area contributed by atoms with Gasteiger partial charge in [-0.1, -0.05) is 13.8 Å². The van der Waals surface area contributed by atoms with E-state index >= 15 is 0 Å². The van der Waals surface area contributed by atoms with Crippen molar-refractivity contribution < 1.29 is 34.2 Å². The van der Waals surface area contributed by atoms with Gasteiger partial charge in [-0.25, -0.2) is 4.79 Å². The van der Waals surface area contributed by atoms with Gasteiger partial charge in [0.2, 0.25) is 17.7 Å². The molecule has 0 aromatic carbocycles. The molecule has 0 saturated heterocycles. The average molecular weight is 509 g/mol. The fraction of sp³-hybridized carbons (Fsp3) is 0.750. The number of nitrogens with two attached hydrogens (primary N) is 1. The number of nitrogens with one attached hydrogen (secondary N) is 3. The van der Waals surface area contributed by atoms with Gasteiger partial charge in [0.15, 0.2) is 0 Å². The van der Waals surface area contributed by atoms with Crippen LogP contribution in [-0.4, -0.2) is 88.1 Å². The summed E-state index contributed by atoms with van der Waals surface area (Å²) in [5, 5.41) is 25.8. The molecular formula is C20H36N4O7S2. The third kappa shape index (κ3) is 12.7. The minimum Gasteiger partial charge on any atom is -0.481 e. The van der Waals surface area contributed by atoms with Gasteiger partial charge < -0.3 is 31.9 Å². The van der Waals surface area contributed by atoms with Crippen molar-refractivity contribution >= 4 is 53.2 Å². The van der Waals surface area contributed by atoms with Crippen molar-refractivity contribution in [2.24, 2.45) is 11.7 Å². The maximum Gasteiger partial charge on any atom is 0.326 e.